The topological polar surface area (TPSA) is 71.3 Å². The molecule has 0 amide bonds. The lowest BCUT2D eigenvalue weighted by molar-refractivity contribution is 0.142. The third-order valence-electron chi connectivity index (χ3n) is 3.81. The van der Waals surface area contributed by atoms with Crippen molar-refractivity contribution in [2.45, 2.75) is 31.3 Å². The van der Waals surface area contributed by atoms with Crippen LogP contribution in [0.25, 0.3) is 0 Å². The van der Waals surface area contributed by atoms with E-state index < -0.39 is 10.0 Å². The highest BCUT2D eigenvalue weighted by atomic mass is 79.9. The molecule has 7 nitrogen and oxygen atoms in total. The molecule has 1 atom stereocenters. The molecule has 0 aromatic carbocycles. The fraction of sp³-hybridized carbons (Fsp3) is 0.818. The summed E-state index contributed by atoms with van der Waals surface area (Å²) < 4.78 is 28.3. The summed E-state index contributed by atoms with van der Waals surface area (Å²) in [7, 11) is -1.95. The molecule has 0 bridgehead atoms. The Labute approximate surface area is 128 Å². The van der Waals surface area contributed by atoms with E-state index in [2.05, 4.69) is 45.0 Å². The van der Waals surface area contributed by atoms with Gasteiger partial charge in [0.1, 0.15) is 0 Å². The van der Waals surface area contributed by atoms with Gasteiger partial charge in [-0.3, -0.25) is 4.90 Å². The van der Waals surface area contributed by atoms with Gasteiger partial charge in [0.2, 0.25) is 5.03 Å². The standard InChI is InChI=1S/C11H20BrN5O2S/c1-4-9(2)16-5-7-17(8-6-16)20(18,19)11-10(12)13-14-15(11)3/h9H,4-8H2,1-3H3. The van der Waals surface area contributed by atoms with Gasteiger partial charge in [-0.05, 0) is 29.3 Å². The highest BCUT2D eigenvalue weighted by Gasteiger charge is 2.33. The van der Waals surface area contributed by atoms with Crippen molar-refractivity contribution in [2.24, 2.45) is 7.05 Å². The number of hydrogen-bond acceptors (Lipinski definition) is 5. The predicted molar refractivity (Wildman–Crippen MR) is 78.8 cm³/mol. The lowest BCUT2D eigenvalue weighted by atomic mass is 10.2. The number of nitrogens with zero attached hydrogens (tertiary/aromatic N) is 5. The predicted octanol–water partition coefficient (Wildman–Crippen LogP) is 0.682. The molecule has 2 heterocycles. The summed E-state index contributed by atoms with van der Waals surface area (Å²) in [5.74, 6) is 0. The minimum Gasteiger partial charge on any atom is -0.298 e. The largest absolute Gasteiger partial charge is 0.298 e. The summed E-state index contributed by atoms with van der Waals surface area (Å²) in [5, 5.41) is 7.60. The van der Waals surface area contributed by atoms with Gasteiger partial charge >= 0.3 is 0 Å². The van der Waals surface area contributed by atoms with E-state index in [0.717, 1.165) is 19.5 Å². The van der Waals surface area contributed by atoms with E-state index in [-0.39, 0.29) is 9.63 Å². The van der Waals surface area contributed by atoms with Crippen LogP contribution in [-0.4, -0.2) is 64.8 Å². The van der Waals surface area contributed by atoms with E-state index in [4.69, 9.17) is 0 Å². The normalized spacial score (nSPS) is 20.2. The van der Waals surface area contributed by atoms with Crippen molar-refractivity contribution < 1.29 is 8.42 Å². The molecular weight excluding hydrogens is 346 g/mol. The Hall–Kier alpha value is -0.510. The quantitative estimate of drug-likeness (QED) is 0.784. The Kier molecular flexibility index (Phi) is 4.83. The second kappa shape index (κ2) is 6.08. The Morgan fingerprint density at radius 1 is 1.30 bits per heavy atom. The molecule has 2 rings (SSSR count). The fourth-order valence-corrected chi connectivity index (χ4v) is 4.82. The number of aryl methyl sites for hydroxylation is 1. The second-order valence-corrected chi connectivity index (χ2v) is 7.61. The Morgan fingerprint density at radius 2 is 1.90 bits per heavy atom. The van der Waals surface area contributed by atoms with E-state index in [1.165, 1.54) is 8.99 Å². The summed E-state index contributed by atoms with van der Waals surface area (Å²) in [6.07, 6.45) is 1.07. The van der Waals surface area contributed by atoms with Crippen molar-refractivity contribution in [3.63, 3.8) is 0 Å². The molecule has 0 saturated carbocycles. The van der Waals surface area contributed by atoms with Gasteiger partial charge in [-0.25, -0.2) is 13.1 Å². The van der Waals surface area contributed by atoms with Crippen LogP contribution in [0.15, 0.2) is 9.63 Å². The third-order valence-corrected chi connectivity index (χ3v) is 6.60. The van der Waals surface area contributed by atoms with Gasteiger partial charge in [-0.1, -0.05) is 12.1 Å². The van der Waals surface area contributed by atoms with Crippen LogP contribution in [0.1, 0.15) is 20.3 Å². The molecule has 0 aliphatic carbocycles. The zero-order valence-corrected chi connectivity index (χ0v) is 14.4. The first-order valence-electron chi connectivity index (χ1n) is 6.67. The van der Waals surface area contributed by atoms with E-state index >= 15 is 0 Å². The van der Waals surface area contributed by atoms with Gasteiger partial charge in [0.25, 0.3) is 10.0 Å². The van der Waals surface area contributed by atoms with Gasteiger partial charge in [-0.2, -0.15) is 4.31 Å². The molecule has 1 aliphatic heterocycles. The maximum atomic E-state index is 12.6. The fourth-order valence-electron chi connectivity index (χ4n) is 2.36. The third kappa shape index (κ3) is 2.90. The molecule has 0 N–H and O–H groups in total. The van der Waals surface area contributed by atoms with Crippen molar-refractivity contribution in [1.82, 2.24) is 24.2 Å². The van der Waals surface area contributed by atoms with Gasteiger partial charge in [0.15, 0.2) is 4.60 Å². The van der Waals surface area contributed by atoms with Crippen molar-refractivity contribution in [2.75, 3.05) is 26.2 Å². The Bertz CT molecular complexity index is 546. The molecule has 1 fully saturated rings. The van der Waals surface area contributed by atoms with E-state index in [1.54, 1.807) is 7.05 Å². The number of rotatable bonds is 4. The van der Waals surface area contributed by atoms with Gasteiger partial charge in [0, 0.05) is 39.3 Å². The number of piperazine rings is 1. The summed E-state index contributed by atoms with van der Waals surface area (Å²) >= 11 is 3.16. The average molecular weight is 366 g/mol. The number of halogens is 1. The van der Waals surface area contributed by atoms with Gasteiger partial charge in [0.05, 0.1) is 0 Å². The van der Waals surface area contributed by atoms with Crippen LogP contribution in [0.2, 0.25) is 0 Å². The summed E-state index contributed by atoms with van der Waals surface area (Å²) in [4.78, 5) is 2.32. The molecule has 0 spiro atoms. The first kappa shape index (κ1) is 15.9. The van der Waals surface area contributed by atoms with Crippen LogP contribution < -0.4 is 0 Å². The molecule has 20 heavy (non-hydrogen) atoms. The SMILES string of the molecule is CCC(C)N1CCN(S(=O)(=O)c2c(Br)nnn2C)CC1. The number of aromatic nitrogens is 3. The van der Waals surface area contributed by atoms with Crippen LogP contribution >= 0.6 is 15.9 Å². The minimum atomic E-state index is -3.54. The van der Waals surface area contributed by atoms with E-state index in [9.17, 15) is 8.42 Å². The molecule has 1 aliphatic rings. The minimum absolute atomic E-state index is 0.120. The molecule has 9 heteroatoms. The second-order valence-electron chi connectivity index (χ2n) is 5.01. The van der Waals surface area contributed by atoms with Crippen LogP contribution in [-0.2, 0) is 17.1 Å². The highest BCUT2D eigenvalue weighted by Crippen LogP contribution is 2.23. The zero-order chi connectivity index (χ0) is 14.9. The number of hydrogen-bond donors (Lipinski definition) is 0. The highest BCUT2D eigenvalue weighted by molar-refractivity contribution is 9.10. The maximum absolute atomic E-state index is 12.6. The van der Waals surface area contributed by atoms with Crippen LogP contribution in [0.4, 0.5) is 0 Å². The summed E-state index contributed by atoms with van der Waals surface area (Å²) in [5.41, 5.74) is 0. The number of sulfonamides is 1. The first-order valence-corrected chi connectivity index (χ1v) is 8.90. The molecule has 1 saturated heterocycles. The van der Waals surface area contributed by atoms with Crippen LogP contribution in [0.3, 0.4) is 0 Å². The Balaban J connectivity index is 2.14. The molecule has 1 aromatic heterocycles. The molecule has 114 valence electrons. The molecular formula is C11H20BrN5O2S. The van der Waals surface area contributed by atoms with E-state index in [0.29, 0.717) is 19.1 Å². The monoisotopic (exact) mass is 365 g/mol. The summed E-state index contributed by atoms with van der Waals surface area (Å²) in [6, 6.07) is 0.491. The van der Waals surface area contributed by atoms with Crippen LogP contribution in [0, 0.1) is 0 Å². The first-order chi connectivity index (χ1) is 9.37. The maximum Gasteiger partial charge on any atom is 0.263 e. The smallest absolute Gasteiger partial charge is 0.263 e. The zero-order valence-electron chi connectivity index (χ0n) is 12.0. The Morgan fingerprint density at radius 3 is 2.35 bits per heavy atom. The van der Waals surface area contributed by atoms with E-state index in [1.807, 2.05) is 0 Å². The molecule has 0 radical (unpaired) electrons. The van der Waals surface area contributed by atoms with Gasteiger partial charge < -0.3 is 0 Å². The van der Waals surface area contributed by atoms with Crippen molar-refractivity contribution in [3.05, 3.63) is 4.60 Å². The lowest BCUT2D eigenvalue weighted by Gasteiger charge is -2.36. The van der Waals surface area contributed by atoms with Crippen molar-refractivity contribution in [3.8, 4) is 0 Å². The average Bonchev–Trinajstić information content (AvgIpc) is 2.78. The van der Waals surface area contributed by atoms with Gasteiger partial charge in [-0.15, -0.1) is 5.10 Å². The summed E-state index contributed by atoms with van der Waals surface area (Å²) in [6.45, 7) is 6.85. The lowest BCUT2D eigenvalue weighted by Crippen LogP contribution is -2.51. The van der Waals surface area contributed by atoms with Crippen molar-refractivity contribution >= 4 is 26.0 Å². The molecule has 1 unspecified atom stereocenters. The van der Waals surface area contributed by atoms with Crippen LogP contribution in [0.5, 0.6) is 0 Å². The van der Waals surface area contributed by atoms with Crippen molar-refractivity contribution in [1.29, 1.82) is 0 Å². The molecule has 1 aromatic rings.